The number of fused-ring (bicyclic) bond motifs is 1. The van der Waals surface area contributed by atoms with Crippen LogP contribution in [-0.2, 0) is 17.8 Å². The Balaban J connectivity index is 3.04. The highest BCUT2D eigenvalue weighted by atomic mass is 32.2. The molecule has 1 heterocycles. The Labute approximate surface area is 87.7 Å². The number of aromatic nitrogens is 1. The second-order valence-electron chi connectivity index (χ2n) is 3.23. The van der Waals surface area contributed by atoms with Crippen LogP contribution in [0.5, 0.6) is 0 Å². The Bertz CT molecular complexity index is 647. The van der Waals surface area contributed by atoms with Gasteiger partial charge in [-0.15, -0.1) is 0 Å². The normalized spacial score (nSPS) is 11.1. The number of rotatable bonds is 1. The molecule has 0 aliphatic rings. The van der Waals surface area contributed by atoms with Gasteiger partial charge in [-0.25, -0.2) is 8.42 Å². The van der Waals surface area contributed by atoms with Gasteiger partial charge in [0.25, 0.3) is 0 Å². The number of para-hydroxylation sites is 1. The van der Waals surface area contributed by atoms with Gasteiger partial charge in [0.2, 0.25) is 5.43 Å². The topological polar surface area (TPSA) is 56.1 Å². The van der Waals surface area contributed by atoms with E-state index in [4.69, 9.17) is 0 Å². The fraction of sp³-hybridized carbons (Fsp3) is 0.100. The first kappa shape index (κ1) is 9.92. The minimum absolute atomic E-state index is 0.161. The van der Waals surface area contributed by atoms with Crippen LogP contribution in [0.3, 0.4) is 0 Å². The van der Waals surface area contributed by atoms with E-state index < -0.39 is 16.1 Å². The van der Waals surface area contributed by atoms with Crippen LogP contribution in [-0.4, -0.2) is 13.0 Å². The van der Waals surface area contributed by atoms with Gasteiger partial charge in [0, 0.05) is 18.6 Å². The number of hydrogen-bond acceptors (Lipinski definition) is 3. The third-order valence-corrected chi connectivity index (χ3v) is 2.99. The first-order valence-corrected chi connectivity index (χ1v) is 5.52. The highest BCUT2D eigenvalue weighted by Gasteiger charge is 2.07. The molecule has 0 N–H and O–H groups in total. The van der Waals surface area contributed by atoms with Crippen molar-refractivity contribution < 1.29 is 8.42 Å². The number of thiol groups is 1. The maximum Gasteiger partial charge on any atom is 0.207 e. The quantitative estimate of drug-likeness (QED) is 0.717. The van der Waals surface area contributed by atoms with Gasteiger partial charge in [-0.05, 0) is 12.1 Å². The molecular weight excluding hydrogens is 214 g/mol. The molecule has 0 atom stereocenters. The summed E-state index contributed by atoms with van der Waals surface area (Å²) in [6.45, 7) is 0. The summed E-state index contributed by atoms with van der Waals surface area (Å²) in [6.07, 6.45) is 1.34. The summed E-state index contributed by atoms with van der Waals surface area (Å²) >= 11 is 0. The summed E-state index contributed by atoms with van der Waals surface area (Å²) in [5.41, 5.74) is 0.294. The molecule has 0 aliphatic heterocycles. The monoisotopic (exact) mass is 223 g/mol. The summed E-state index contributed by atoms with van der Waals surface area (Å²) in [4.78, 5) is 11.6. The molecule has 0 bridgehead atoms. The number of benzene rings is 1. The molecule has 1 aromatic carbocycles. The number of aryl methyl sites for hydroxylation is 1. The minimum Gasteiger partial charge on any atom is -0.349 e. The largest absolute Gasteiger partial charge is 0.349 e. The Morgan fingerprint density at radius 2 is 1.87 bits per heavy atom. The van der Waals surface area contributed by atoms with Crippen LogP contribution in [0.25, 0.3) is 10.9 Å². The van der Waals surface area contributed by atoms with Crippen molar-refractivity contribution in [2.45, 2.75) is 4.90 Å². The van der Waals surface area contributed by atoms with Gasteiger partial charge in [0.15, 0.2) is 10.7 Å². The van der Waals surface area contributed by atoms with Gasteiger partial charge < -0.3 is 4.57 Å². The maximum atomic E-state index is 11.7. The third kappa shape index (κ3) is 1.55. The van der Waals surface area contributed by atoms with Crippen LogP contribution >= 0.6 is 0 Å². The van der Waals surface area contributed by atoms with Crippen molar-refractivity contribution in [3.8, 4) is 0 Å². The van der Waals surface area contributed by atoms with Crippen molar-refractivity contribution in [3.05, 3.63) is 40.7 Å². The number of pyridine rings is 1. The van der Waals surface area contributed by atoms with E-state index in [1.807, 2.05) is 0 Å². The van der Waals surface area contributed by atoms with E-state index in [2.05, 4.69) is 0 Å². The molecule has 2 aromatic rings. The van der Waals surface area contributed by atoms with Crippen LogP contribution in [0.15, 0.2) is 40.2 Å². The second kappa shape index (κ2) is 3.51. The lowest BCUT2D eigenvalue weighted by Crippen LogP contribution is -2.11. The Kier molecular flexibility index (Phi) is 2.32. The lowest BCUT2D eigenvalue weighted by atomic mass is 10.2. The smallest absolute Gasteiger partial charge is 0.207 e. The lowest BCUT2D eigenvalue weighted by molar-refractivity contribution is 0.613. The predicted octanol–water partition coefficient (Wildman–Crippen LogP) is 0.509. The van der Waals surface area contributed by atoms with E-state index in [-0.39, 0.29) is 4.90 Å². The molecule has 5 heteroatoms. The van der Waals surface area contributed by atoms with E-state index in [9.17, 15) is 13.2 Å². The van der Waals surface area contributed by atoms with Crippen molar-refractivity contribution in [3.63, 3.8) is 0 Å². The van der Waals surface area contributed by atoms with Gasteiger partial charge in [-0.3, -0.25) is 4.79 Å². The van der Waals surface area contributed by atoms with Gasteiger partial charge >= 0.3 is 0 Å². The highest BCUT2D eigenvalue weighted by Crippen LogP contribution is 2.10. The van der Waals surface area contributed by atoms with Gasteiger partial charge in [0.1, 0.15) is 4.90 Å². The molecule has 0 saturated carbocycles. The molecule has 0 amide bonds. The molecule has 15 heavy (non-hydrogen) atoms. The van der Waals surface area contributed by atoms with E-state index in [1.165, 1.54) is 6.20 Å². The Morgan fingerprint density at radius 1 is 1.20 bits per heavy atom. The number of nitrogens with zero attached hydrogens (tertiary/aromatic N) is 1. The molecule has 0 aliphatic carbocycles. The molecule has 0 unspecified atom stereocenters. The molecule has 0 fully saturated rings. The SMILES string of the molecule is Cn1cc([SH](=O)=O)c(=O)c2ccccc21. The van der Waals surface area contributed by atoms with Crippen molar-refractivity contribution in [1.82, 2.24) is 4.57 Å². The zero-order valence-corrected chi connectivity index (χ0v) is 8.90. The maximum absolute atomic E-state index is 11.7. The summed E-state index contributed by atoms with van der Waals surface area (Å²) in [7, 11) is -1.13. The van der Waals surface area contributed by atoms with Gasteiger partial charge in [-0.2, -0.15) is 0 Å². The van der Waals surface area contributed by atoms with Crippen LogP contribution in [0, 0.1) is 0 Å². The molecular formula is C10H9NO3S. The molecule has 4 nitrogen and oxygen atoms in total. The van der Waals surface area contributed by atoms with Gasteiger partial charge in [-0.1, -0.05) is 12.1 Å². The summed E-state index contributed by atoms with van der Waals surface area (Å²) < 4.78 is 23.3. The van der Waals surface area contributed by atoms with E-state index in [1.54, 1.807) is 35.9 Å². The summed E-state index contributed by atoms with van der Waals surface area (Å²) in [6, 6.07) is 6.92. The lowest BCUT2D eigenvalue weighted by Gasteiger charge is -2.04. The first-order valence-electron chi connectivity index (χ1n) is 4.34. The second-order valence-corrected chi connectivity index (χ2v) is 4.22. The van der Waals surface area contributed by atoms with Gasteiger partial charge in [0.05, 0.1) is 5.52 Å². The summed E-state index contributed by atoms with van der Waals surface area (Å²) in [5, 5.41) is 0.428. The fourth-order valence-electron chi connectivity index (χ4n) is 1.55. The molecule has 0 saturated heterocycles. The Hall–Kier alpha value is -1.62. The summed E-state index contributed by atoms with van der Waals surface area (Å²) in [5.74, 6) is 0. The highest BCUT2D eigenvalue weighted by molar-refractivity contribution is 7.72. The van der Waals surface area contributed by atoms with Crippen molar-refractivity contribution >= 4 is 21.6 Å². The molecule has 2 rings (SSSR count). The van der Waals surface area contributed by atoms with Crippen LogP contribution < -0.4 is 5.43 Å². The molecule has 78 valence electrons. The average molecular weight is 223 g/mol. The van der Waals surface area contributed by atoms with Crippen molar-refractivity contribution in [2.24, 2.45) is 7.05 Å². The van der Waals surface area contributed by atoms with Crippen molar-refractivity contribution in [2.75, 3.05) is 0 Å². The van der Waals surface area contributed by atoms with Crippen molar-refractivity contribution in [1.29, 1.82) is 0 Å². The van der Waals surface area contributed by atoms with E-state index >= 15 is 0 Å². The number of hydrogen-bond donors (Lipinski definition) is 1. The predicted molar refractivity (Wildman–Crippen MR) is 57.8 cm³/mol. The zero-order chi connectivity index (χ0) is 11.0. The van der Waals surface area contributed by atoms with Crippen LogP contribution in [0.2, 0.25) is 0 Å². The molecule has 1 aromatic heterocycles. The van der Waals surface area contributed by atoms with E-state index in [0.717, 1.165) is 5.52 Å². The Morgan fingerprint density at radius 3 is 2.53 bits per heavy atom. The van der Waals surface area contributed by atoms with E-state index in [0.29, 0.717) is 5.39 Å². The van der Waals surface area contributed by atoms with Crippen LogP contribution in [0.4, 0.5) is 0 Å². The molecule has 0 spiro atoms. The fourth-order valence-corrected chi connectivity index (χ4v) is 2.11. The standard InChI is InChI=1S/C10H9NO3S/c1-11-6-9(15(13)14)10(12)7-4-2-3-5-8(7)11/h2-6,15H,1H3. The molecule has 0 radical (unpaired) electrons. The zero-order valence-electron chi connectivity index (χ0n) is 8.01. The third-order valence-electron chi connectivity index (χ3n) is 2.27. The average Bonchev–Trinajstić information content (AvgIpc) is 2.23. The van der Waals surface area contributed by atoms with Crippen LogP contribution in [0.1, 0.15) is 0 Å². The first-order chi connectivity index (χ1) is 7.11. The minimum atomic E-state index is -2.84.